The fourth-order valence-corrected chi connectivity index (χ4v) is 2.13. The second-order valence-electron chi connectivity index (χ2n) is 3.92. The Morgan fingerprint density at radius 3 is 3.00 bits per heavy atom. The van der Waals surface area contributed by atoms with Crippen LogP contribution in [0.3, 0.4) is 0 Å². The molecule has 82 valence electrons. The van der Waals surface area contributed by atoms with Crippen LogP contribution in [0.15, 0.2) is 12.1 Å². The van der Waals surface area contributed by atoms with Crippen molar-refractivity contribution < 1.29 is 9.50 Å². The number of hydrogen-bond donors (Lipinski definition) is 2. The first kappa shape index (κ1) is 10.7. The van der Waals surface area contributed by atoms with Crippen LogP contribution < -0.4 is 5.32 Å². The molecule has 1 atom stereocenters. The maximum absolute atomic E-state index is 13.6. The minimum absolute atomic E-state index is 0.00352. The zero-order chi connectivity index (χ0) is 10.8. The van der Waals surface area contributed by atoms with E-state index in [2.05, 4.69) is 5.32 Å². The molecule has 1 saturated heterocycles. The number of benzene rings is 1. The van der Waals surface area contributed by atoms with Gasteiger partial charge < -0.3 is 10.4 Å². The van der Waals surface area contributed by atoms with Crippen LogP contribution in [0.5, 0.6) is 5.75 Å². The molecule has 0 spiro atoms. The van der Waals surface area contributed by atoms with Crippen LogP contribution in [0, 0.1) is 11.7 Å². The number of hydrogen-bond acceptors (Lipinski definition) is 2. The van der Waals surface area contributed by atoms with Gasteiger partial charge in [0.1, 0.15) is 11.6 Å². The van der Waals surface area contributed by atoms with Crippen molar-refractivity contribution in [3.05, 3.63) is 28.5 Å². The highest BCUT2D eigenvalue weighted by Crippen LogP contribution is 2.29. The smallest absolute Gasteiger partial charge is 0.148 e. The highest BCUT2D eigenvalue weighted by Gasteiger charge is 2.20. The maximum atomic E-state index is 13.6. The summed E-state index contributed by atoms with van der Waals surface area (Å²) in [7, 11) is 0. The molecule has 2 N–H and O–H groups in total. The molecule has 0 amide bonds. The normalized spacial score (nSPS) is 20.8. The monoisotopic (exact) mass is 229 g/mol. The number of halogens is 2. The Hall–Kier alpha value is -0.800. The number of aromatic hydroxyl groups is 1. The lowest BCUT2D eigenvalue weighted by atomic mass is 9.97. The predicted octanol–water partition coefficient (Wildman–Crippen LogP) is 2.34. The summed E-state index contributed by atoms with van der Waals surface area (Å²) in [6.45, 7) is 1.85. The molecule has 0 radical (unpaired) electrons. The van der Waals surface area contributed by atoms with Crippen LogP contribution in [-0.2, 0) is 6.42 Å². The molecule has 15 heavy (non-hydrogen) atoms. The third-order valence-electron chi connectivity index (χ3n) is 2.83. The molecule has 0 bridgehead atoms. The van der Waals surface area contributed by atoms with Gasteiger partial charge in [-0.2, -0.15) is 0 Å². The summed E-state index contributed by atoms with van der Waals surface area (Å²) in [5, 5.41) is 12.8. The quantitative estimate of drug-likeness (QED) is 0.816. The average molecular weight is 230 g/mol. The van der Waals surface area contributed by atoms with Crippen LogP contribution in [0.4, 0.5) is 4.39 Å². The van der Waals surface area contributed by atoms with E-state index in [0.717, 1.165) is 19.5 Å². The van der Waals surface area contributed by atoms with Gasteiger partial charge in [0, 0.05) is 5.56 Å². The number of phenolic OH excluding ortho intramolecular Hbond substituents is 1. The van der Waals surface area contributed by atoms with Crippen LogP contribution in [0.2, 0.25) is 5.02 Å². The summed E-state index contributed by atoms with van der Waals surface area (Å²) in [6.07, 6.45) is 1.57. The summed E-state index contributed by atoms with van der Waals surface area (Å²) in [6, 6.07) is 2.83. The van der Waals surface area contributed by atoms with Crippen LogP contribution in [0.1, 0.15) is 12.0 Å². The second kappa shape index (κ2) is 4.37. The highest BCUT2D eigenvalue weighted by atomic mass is 35.5. The molecule has 0 aliphatic carbocycles. The number of phenols is 1. The summed E-state index contributed by atoms with van der Waals surface area (Å²) in [4.78, 5) is 0. The van der Waals surface area contributed by atoms with E-state index in [1.165, 1.54) is 12.1 Å². The third-order valence-corrected chi connectivity index (χ3v) is 3.12. The standard InChI is InChI=1S/C11H13ClFNO/c12-9-1-2-10(15)8(11(9)13)5-7-3-4-14-6-7/h1-2,7,14-15H,3-6H2. The molecule has 1 aromatic carbocycles. The second-order valence-corrected chi connectivity index (χ2v) is 4.33. The van der Waals surface area contributed by atoms with Gasteiger partial charge in [-0.1, -0.05) is 11.6 Å². The first-order valence-electron chi connectivity index (χ1n) is 5.05. The largest absolute Gasteiger partial charge is 0.508 e. The summed E-state index contributed by atoms with van der Waals surface area (Å²) in [5.41, 5.74) is 0.344. The summed E-state index contributed by atoms with van der Waals surface area (Å²) >= 11 is 5.67. The summed E-state index contributed by atoms with van der Waals surface area (Å²) in [5.74, 6) is -0.0868. The van der Waals surface area contributed by atoms with Crippen molar-refractivity contribution in [3.63, 3.8) is 0 Å². The molecule has 1 aliphatic heterocycles. The van der Waals surface area contributed by atoms with Gasteiger partial charge >= 0.3 is 0 Å². The summed E-state index contributed by atoms with van der Waals surface area (Å²) < 4.78 is 13.6. The topological polar surface area (TPSA) is 32.3 Å². The lowest BCUT2D eigenvalue weighted by Crippen LogP contribution is -2.11. The minimum Gasteiger partial charge on any atom is -0.508 e. The Bertz CT molecular complexity index is 364. The van der Waals surface area contributed by atoms with Gasteiger partial charge in [0.2, 0.25) is 0 Å². The van der Waals surface area contributed by atoms with E-state index in [1.807, 2.05) is 0 Å². The first-order valence-corrected chi connectivity index (χ1v) is 5.43. The maximum Gasteiger partial charge on any atom is 0.148 e. The van der Waals surface area contributed by atoms with Crippen molar-refractivity contribution in [2.75, 3.05) is 13.1 Å². The lowest BCUT2D eigenvalue weighted by molar-refractivity contribution is 0.446. The Morgan fingerprint density at radius 1 is 1.53 bits per heavy atom. The predicted molar refractivity (Wildman–Crippen MR) is 57.8 cm³/mol. The van der Waals surface area contributed by atoms with Gasteiger partial charge in [0.05, 0.1) is 5.02 Å². The van der Waals surface area contributed by atoms with Crippen LogP contribution >= 0.6 is 11.6 Å². The van der Waals surface area contributed by atoms with Crippen molar-refractivity contribution in [2.45, 2.75) is 12.8 Å². The fraction of sp³-hybridized carbons (Fsp3) is 0.455. The third kappa shape index (κ3) is 2.24. The molecule has 1 aliphatic rings. The van der Waals surface area contributed by atoms with Gasteiger partial charge in [0.15, 0.2) is 0 Å². The molecule has 1 fully saturated rings. The zero-order valence-electron chi connectivity index (χ0n) is 8.26. The van der Waals surface area contributed by atoms with Crippen molar-refractivity contribution in [3.8, 4) is 5.75 Å². The Morgan fingerprint density at radius 2 is 2.33 bits per heavy atom. The van der Waals surface area contributed by atoms with Crippen molar-refractivity contribution in [2.24, 2.45) is 5.92 Å². The van der Waals surface area contributed by atoms with E-state index in [4.69, 9.17) is 11.6 Å². The van der Waals surface area contributed by atoms with Crippen molar-refractivity contribution >= 4 is 11.6 Å². The zero-order valence-corrected chi connectivity index (χ0v) is 9.02. The van der Waals surface area contributed by atoms with E-state index in [1.54, 1.807) is 0 Å². The van der Waals surface area contributed by atoms with Gasteiger partial charge in [-0.15, -0.1) is 0 Å². The Labute approximate surface area is 93.1 Å². The van der Waals surface area contributed by atoms with Gasteiger partial charge in [0.25, 0.3) is 0 Å². The van der Waals surface area contributed by atoms with Crippen molar-refractivity contribution in [1.29, 1.82) is 0 Å². The molecular formula is C11H13ClFNO. The van der Waals surface area contributed by atoms with E-state index >= 15 is 0 Å². The SMILES string of the molecule is Oc1ccc(Cl)c(F)c1CC1CCNC1. The molecule has 1 unspecified atom stereocenters. The van der Waals surface area contributed by atoms with E-state index in [9.17, 15) is 9.50 Å². The fourth-order valence-electron chi connectivity index (χ4n) is 1.95. The molecule has 0 aromatic heterocycles. The van der Waals surface area contributed by atoms with E-state index in [0.29, 0.717) is 17.9 Å². The molecule has 1 heterocycles. The first-order chi connectivity index (χ1) is 7.18. The molecule has 1 aromatic rings. The van der Waals surface area contributed by atoms with Crippen LogP contribution in [0.25, 0.3) is 0 Å². The Balaban J connectivity index is 2.22. The molecule has 4 heteroatoms. The van der Waals surface area contributed by atoms with Gasteiger partial charge in [-0.3, -0.25) is 0 Å². The number of nitrogens with one attached hydrogen (secondary N) is 1. The molecule has 2 nitrogen and oxygen atoms in total. The number of rotatable bonds is 2. The molecular weight excluding hydrogens is 217 g/mol. The highest BCUT2D eigenvalue weighted by molar-refractivity contribution is 6.30. The lowest BCUT2D eigenvalue weighted by Gasteiger charge is -2.11. The van der Waals surface area contributed by atoms with Crippen LogP contribution in [-0.4, -0.2) is 18.2 Å². The van der Waals surface area contributed by atoms with Crippen molar-refractivity contribution in [1.82, 2.24) is 5.32 Å². The molecule has 2 rings (SSSR count). The van der Waals surface area contributed by atoms with Gasteiger partial charge in [-0.25, -0.2) is 4.39 Å². The van der Waals surface area contributed by atoms with E-state index < -0.39 is 5.82 Å². The van der Waals surface area contributed by atoms with E-state index in [-0.39, 0.29) is 10.8 Å². The Kier molecular flexibility index (Phi) is 3.12. The molecule has 0 saturated carbocycles. The average Bonchev–Trinajstić information content (AvgIpc) is 2.71. The minimum atomic E-state index is -0.483. The van der Waals surface area contributed by atoms with Gasteiger partial charge in [-0.05, 0) is 44.0 Å².